The van der Waals surface area contributed by atoms with Gasteiger partial charge in [0.25, 0.3) is 5.91 Å². The molecule has 1 aliphatic carbocycles. The lowest BCUT2D eigenvalue weighted by atomic mass is 10.1. The highest BCUT2D eigenvalue weighted by atomic mass is 16.2. The first-order chi connectivity index (χ1) is 12.3. The fourth-order valence-corrected chi connectivity index (χ4v) is 3.36. The maximum atomic E-state index is 13.2. The van der Waals surface area contributed by atoms with Crippen molar-refractivity contribution in [1.29, 1.82) is 0 Å². The van der Waals surface area contributed by atoms with E-state index in [1.54, 1.807) is 23.3 Å². The maximum absolute atomic E-state index is 13.2. The summed E-state index contributed by atoms with van der Waals surface area (Å²) in [6, 6.07) is 13.4. The molecule has 0 aliphatic heterocycles. The number of benzene rings is 1. The van der Waals surface area contributed by atoms with Crippen molar-refractivity contribution in [3.63, 3.8) is 0 Å². The molecule has 1 aromatic carbocycles. The number of anilines is 1. The molecular weight excluding hydrogens is 314 g/mol. The van der Waals surface area contributed by atoms with Gasteiger partial charge in [0.2, 0.25) is 0 Å². The molecule has 1 aliphatic rings. The summed E-state index contributed by atoms with van der Waals surface area (Å²) in [5, 5.41) is 7.77. The van der Waals surface area contributed by atoms with Crippen LogP contribution in [0.4, 0.5) is 5.82 Å². The number of amides is 1. The van der Waals surface area contributed by atoms with Gasteiger partial charge < -0.3 is 0 Å². The number of carbonyl (C=O) groups is 1. The van der Waals surface area contributed by atoms with Gasteiger partial charge in [0.05, 0.1) is 18.1 Å². The van der Waals surface area contributed by atoms with Crippen molar-refractivity contribution in [1.82, 2.24) is 20.0 Å². The van der Waals surface area contributed by atoms with Gasteiger partial charge in [0.15, 0.2) is 0 Å². The molecule has 0 radical (unpaired) electrons. The van der Waals surface area contributed by atoms with E-state index in [1.165, 1.54) is 0 Å². The molecule has 6 nitrogen and oxygen atoms in total. The summed E-state index contributed by atoms with van der Waals surface area (Å²) in [5.41, 5.74) is 1.53. The Bertz CT molecular complexity index is 824. The standard InChI is InChI=1S/C19H19N5O/c25-19(15-8-10-16(11-9-15)23-14-13-21-22-23)24(17-5-1-2-6-17)18-7-3-4-12-20-18/h3-4,7-14,17H,1-2,5-6H2. The molecule has 25 heavy (non-hydrogen) atoms. The highest BCUT2D eigenvalue weighted by molar-refractivity contribution is 6.06. The second kappa shape index (κ2) is 6.84. The molecule has 2 aromatic heterocycles. The SMILES string of the molecule is O=C(c1ccc(-n2ccnn2)cc1)N(c1ccccn1)C1CCCC1. The van der Waals surface area contributed by atoms with Crippen LogP contribution < -0.4 is 4.90 Å². The highest BCUT2D eigenvalue weighted by Crippen LogP contribution is 2.28. The molecule has 3 aromatic rings. The van der Waals surface area contributed by atoms with Crippen molar-refractivity contribution in [2.24, 2.45) is 0 Å². The fourth-order valence-electron chi connectivity index (χ4n) is 3.36. The van der Waals surface area contributed by atoms with Gasteiger partial charge in [-0.05, 0) is 49.2 Å². The summed E-state index contributed by atoms with van der Waals surface area (Å²) < 4.78 is 1.67. The van der Waals surface area contributed by atoms with Crippen LogP contribution in [-0.2, 0) is 0 Å². The van der Waals surface area contributed by atoms with Crippen molar-refractivity contribution in [2.45, 2.75) is 31.7 Å². The average Bonchev–Trinajstić information content (AvgIpc) is 3.37. The van der Waals surface area contributed by atoms with Crippen molar-refractivity contribution < 1.29 is 4.79 Å². The van der Waals surface area contributed by atoms with Gasteiger partial charge in [0.1, 0.15) is 5.82 Å². The van der Waals surface area contributed by atoms with E-state index in [0.717, 1.165) is 37.2 Å². The molecule has 0 unspecified atom stereocenters. The molecule has 126 valence electrons. The Labute approximate surface area is 146 Å². The van der Waals surface area contributed by atoms with Crippen molar-refractivity contribution in [3.05, 3.63) is 66.6 Å². The molecule has 1 saturated carbocycles. The highest BCUT2D eigenvalue weighted by Gasteiger charge is 2.29. The molecule has 0 saturated heterocycles. The van der Waals surface area contributed by atoms with Crippen LogP contribution in [0.5, 0.6) is 0 Å². The number of hydrogen-bond acceptors (Lipinski definition) is 4. The average molecular weight is 333 g/mol. The summed E-state index contributed by atoms with van der Waals surface area (Å²) in [6.45, 7) is 0. The molecule has 0 bridgehead atoms. The zero-order chi connectivity index (χ0) is 17.1. The third-order valence-corrected chi connectivity index (χ3v) is 4.61. The minimum absolute atomic E-state index is 0.00394. The number of rotatable bonds is 4. The monoisotopic (exact) mass is 333 g/mol. The minimum Gasteiger partial charge on any atom is -0.290 e. The van der Waals surface area contributed by atoms with E-state index < -0.39 is 0 Å². The van der Waals surface area contributed by atoms with Crippen LogP contribution in [0.2, 0.25) is 0 Å². The lowest BCUT2D eigenvalue weighted by Gasteiger charge is -2.28. The smallest absolute Gasteiger partial charge is 0.259 e. The van der Waals surface area contributed by atoms with Crippen molar-refractivity contribution >= 4 is 11.7 Å². The molecule has 4 rings (SSSR count). The third-order valence-electron chi connectivity index (χ3n) is 4.61. The summed E-state index contributed by atoms with van der Waals surface area (Å²) in [7, 11) is 0. The first-order valence-electron chi connectivity index (χ1n) is 8.54. The van der Waals surface area contributed by atoms with E-state index in [2.05, 4.69) is 15.3 Å². The van der Waals surface area contributed by atoms with Crippen LogP contribution in [0.1, 0.15) is 36.0 Å². The normalized spacial score (nSPS) is 14.6. The molecular formula is C19H19N5O. The largest absolute Gasteiger partial charge is 0.290 e. The summed E-state index contributed by atoms with van der Waals surface area (Å²) >= 11 is 0. The van der Waals surface area contributed by atoms with Gasteiger partial charge in [-0.25, -0.2) is 9.67 Å². The Balaban J connectivity index is 1.64. The van der Waals surface area contributed by atoms with Crippen LogP contribution in [0.3, 0.4) is 0 Å². The van der Waals surface area contributed by atoms with E-state index in [1.807, 2.05) is 47.4 Å². The topological polar surface area (TPSA) is 63.9 Å². The Morgan fingerprint density at radius 1 is 1.04 bits per heavy atom. The summed E-state index contributed by atoms with van der Waals surface area (Å²) in [6.07, 6.45) is 9.51. The maximum Gasteiger partial charge on any atom is 0.259 e. The lowest BCUT2D eigenvalue weighted by Crippen LogP contribution is -2.39. The Kier molecular flexibility index (Phi) is 4.24. The molecule has 1 amide bonds. The minimum atomic E-state index is -0.00394. The quantitative estimate of drug-likeness (QED) is 0.735. The Morgan fingerprint density at radius 3 is 2.48 bits per heavy atom. The van der Waals surface area contributed by atoms with E-state index in [4.69, 9.17) is 0 Å². The third kappa shape index (κ3) is 3.15. The fraction of sp³-hybridized carbons (Fsp3) is 0.263. The van der Waals surface area contributed by atoms with Crippen LogP contribution in [0.25, 0.3) is 5.69 Å². The van der Waals surface area contributed by atoms with Gasteiger partial charge in [-0.1, -0.05) is 24.1 Å². The first kappa shape index (κ1) is 15.5. The van der Waals surface area contributed by atoms with Gasteiger partial charge >= 0.3 is 0 Å². The van der Waals surface area contributed by atoms with Gasteiger partial charge in [-0.2, -0.15) is 0 Å². The van der Waals surface area contributed by atoms with Crippen molar-refractivity contribution in [2.75, 3.05) is 4.90 Å². The molecule has 6 heteroatoms. The van der Waals surface area contributed by atoms with Gasteiger partial charge in [-0.15, -0.1) is 5.10 Å². The summed E-state index contributed by atoms with van der Waals surface area (Å²) in [4.78, 5) is 19.5. The van der Waals surface area contributed by atoms with Gasteiger partial charge in [0, 0.05) is 17.8 Å². The van der Waals surface area contributed by atoms with Crippen LogP contribution in [-0.4, -0.2) is 31.9 Å². The van der Waals surface area contributed by atoms with E-state index in [0.29, 0.717) is 5.56 Å². The first-order valence-corrected chi connectivity index (χ1v) is 8.54. The Morgan fingerprint density at radius 2 is 1.84 bits per heavy atom. The molecule has 0 N–H and O–H groups in total. The molecule has 0 spiro atoms. The predicted octanol–water partition coefficient (Wildman–Crippen LogP) is 3.25. The van der Waals surface area contributed by atoms with Crippen LogP contribution in [0.15, 0.2) is 61.1 Å². The van der Waals surface area contributed by atoms with E-state index in [-0.39, 0.29) is 11.9 Å². The molecule has 1 fully saturated rings. The zero-order valence-electron chi connectivity index (χ0n) is 13.8. The second-order valence-corrected chi connectivity index (χ2v) is 6.20. The molecule has 2 heterocycles. The van der Waals surface area contributed by atoms with Gasteiger partial charge in [-0.3, -0.25) is 9.69 Å². The number of pyridine rings is 1. The number of aromatic nitrogens is 4. The van der Waals surface area contributed by atoms with E-state index in [9.17, 15) is 4.79 Å². The van der Waals surface area contributed by atoms with E-state index >= 15 is 0 Å². The summed E-state index contributed by atoms with van der Waals surface area (Å²) in [5.74, 6) is 0.718. The zero-order valence-corrected chi connectivity index (χ0v) is 13.8. The Hall–Kier alpha value is -3.02. The molecule has 0 atom stereocenters. The van der Waals surface area contributed by atoms with Crippen LogP contribution >= 0.6 is 0 Å². The lowest BCUT2D eigenvalue weighted by molar-refractivity contribution is 0.0976. The number of carbonyl (C=O) groups excluding carboxylic acids is 1. The number of hydrogen-bond donors (Lipinski definition) is 0. The van der Waals surface area contributed by atoms with Crippen molar-refractivity contribution in [3.8, 4) is 5.69 Å². The van der Waals surface area contributed by atoms with Crippen LogP contribution in [0, 0.1) is 0 Å². The predicted molar refractivity (Wildman–Crippen MR) is 94.7 cm³/mol. The second-order valence-electron chi connectivity index (χ2n) is 6.20. The number of nitrogens with zero attached hydrogens (tertiary/aromatic N) is 5.